The van der Waals surface area contributed by atoms with Crippen molar-refractivity contribution in [2.24, 2.45) is 23.1 Å². The van der Waals surface area contributed by atoms with Gasteiger partial charge < -0.3 is 27.2 Å². The molecule has 1 aromatic heterocycles. The summed E-state index contributed by atoms with van der Waals surface area (Å²) in [7, 11) is 0. The zero-order chi connectivity index (χ0) is 21.6. The molecule has 0 radical (unpaired) electrons. The van der Waals surface area contributed by atoms with Gasteiger partial charge in [0, 0.05) is 12.7 Å². The van der Waals surface area contributed by atoms with Crippen molar-refractivity contribution in [1.29, 1.82) is 5.41 Å². The summed E-state index contributed by atoms with van der Waals surface area (Å²) in [4.78, 5) is 39.1. The van der Waals surface area contributed by atoms with Crippen molar-refractivity contribution in [3.05, 3.63) is 29.6 Å². The molecule has 8 N–H and O–H groups in total. The van der Waals surface area contributed by atoms with E-state index in [1.807, 2.05) is 0 Å². The number of hydrogen-bond acceptors (Lipinski definition) is 6. The maximum absolute atomic E-state index is 11.7. The molecule has 1 saturated carbocycles. The van der Waals surface area contributed by atoms with Crippen LogP contribution >= 0.6 is 0 Å². The minimum absolute atomic E-state index is 0.0955. The van der Waals surface area contributed by atoms with E-state index in [4.69, 9.17) is 22.6 Å². The number of carbonyl (C=O) groups is 3. The van der Waals surface area contributed by atoms with Crippen molar-refractivity contribution < 1.29 is 19.5 Å². The minimum Gasteiger partial charge on any atom is -0.479 e. The van der Waals surface area contributed by atoms with E-state index in [2.05, 4.69) is 4.98 Å². The van der Waals surface area contributed by atoms with Crippen molar-refractivity contribution in [3.8, 4) is 0 Å². The van der Waals surface area contributed by atoms with Crippen LogP contribution in [0.5, 0.6) is 0 Å². The van der Waals surface area contributed by atoms with Crippen molar-refractivity contribution in [2.45, 2.75) is 44.1 Å². The average molecular weight is 404 g/mol. The first-order valence-electron chi connectivity index (χ1n) is 9.58. The largest absolute Gasteiger partial charge is 0.479 e. The van der Waals surface area contributed by atoms with Crippen LogP contribution in [0, 0.1) is 11.3 Å². The molecule has 1 aromatic rings. The Bertz CT molecular complexity index is 742. The van der Waals surface area contributed by atoms with Crippen LogP contribution in [0.1, 0.15) is 54.6 Å². The van der Waals surface area contributed by atoms with Crippen LogP contribution in [-0.2, 0) is 9.59 Å². The molecule has 1 aliphatic heterocycles. The molecule has 1 atom stereocenters. The van der Waals surface area contributed by atoms with E-state index < -0.39 is 17.4 Å². The normalized spacial score (nSPS) is 21.3. The van der Waals surface area contributed by atoms with Gasteiger partial charge in [-0.25, -0.2) is 4.79 Å². The Kier molecular flexibility index (Phi) is 7.27. The van der Waals surface area contributed by atoms with Crippen LogP contribution < -0.4 is 17.2 Å². The molecule has 2 heterocycles. The maximum atomic E-state index is 11.7. The second-order valence-corrected chi connectivity index (χ2v) is 7.27. The number of carbonyl (C=O) groups excluding carboxylic acids is 2. The van der Waals surface area contributed by atoms with Crippen molar-refractivity contribution in [2.75, 3.05) is 13.1 Å². The summed E-state index contributed by atoms with van der Waals surface area (Å²) in [6.07, 6.45) is 7.03. The van der Waals surface area contributed by atoms with Gasteiger partial charge in [-0.2, -0.15) is 0 Å². The lowest BCUT2D eigenvalue weighted by Crippen LogP contribution is -2.71. The number of amidine groups is 1. The lowest BCUT2D eigenvalue weighted by molar-refractivity contribution is -0.178. The van der Waals surface area contributed by atoms with Crippen LogP contribution in [-0.4, -0.2) is 57.2 Å². The van der Waals surface area contributed by atoms with E-state index in [9.17, 15) is 19.5 Å². The Balaban J connectivity index is 0.000000221. The van der Waals surface area contributed by atoms with Gasteiger partial charge in [-0.3, -0.25) is 20.0 Å². The van der Waals surface area contributed by atoms with Gasteiger partial charge in [-0.15, -0.1) is 0 Å². The Morgan fingerprint density at radius 2 is 1.86 bits per heavy atom. The summed E-state index contributed by atoms with van der Waals surface area (Å²) in [5.74, 6) is -1.65. The van der Waals surface area contributed by atoms with Gasteiger partial charge in [0.25, 0.3) is 0 Å². The third-order valence-electron chi connectivity index (χ3n) is 5.65. The fraction of sp³-hybridized carbons (Fsp3) is 0.526. The SMILES string of the molecule is N=C(N)c1ccc(C(N)=O)cn1.NCC(=O)N1CCC1(C(=O)O)C1CCCCC1. The number of likely N-dealkylation sites (tertiary alicyclic amines) is 1. The summed E-state index contributed by atoms with van der Waals surface area (Å²) in [6, 6.07) is 2.95. The Morgan fingerprint density at radius 1 is 1.21 bits per heavy atom. The fourth-order valence-electron chi connectivity index (χ4n) is 4.02. The number of aliphatic carboxylic acids is 1. The molecular weight excluding hydrogens is 376 g/mol. The molecule has 1 aliphatic carbocycles. The van der Waals surface area contributed by atoms with E-state index in [0.717, 1.165) is 25.7 Å². The highest BCUT2D eigenvalue weighted by Crippen LogP contribution is 2.44. The summed E-state index contributed by atoms with van der Waals surface area (Å²) in [5, 5.41) is 16.5. The standard InChI is InChI=1S/C12H20N2O3.C7H8N4O/c13-8-10(15)14-7-6-12(14,11(16)17)9-4-2-1-3-5-9;8-6(9)5-2-1-4(3-11-5)7(10)12/h9H,1-8,13H2,(H,16,17);1-3H,(H3,8,9)(H2,10,12). The predicted molar refractivity (Wildman–Crippen MR) is 106 cm³/mol. The van der Waals surface area contributed by atoms with Crippen molar-refractivity contribution in [1.82, 2.24) is 9.88 Å². The summed E-state index contributed by atoms with van der Waals surface area (Å²) >= 11 is 0. The molecule has 0 bridgehead atoms. The van der Waals surface area contributed by atoms with E-state index in [0.29, 0.717) is 24.2 Å². The Hall–Kier alpha value is -3.01. The maximum Gasteiger partial charge on any atom is 0.329 e. The quantitative estimate of drug-likeness (QED) is 0.338. The van der Waals surface area contributed by atoms with Gasteiger partial charge in [0.2, 0.25) is 11.8 Å². The van der Waals surface area contributed by atoms with Gasteiger partial charge in [0.1, 0.15) is 17.1 Å². The number of nitrogen functional groups attached to an aromatic ring is 1. The van der Waals surface area contributed by atoms with Crippen LogP contribution in [0.15, 0.2) is 18.3 Å². The van der Waals surface area contributed by atoms with E-state index >= 15 is 0 Å². The molecular formula is C19H28N6O4. The fourth-order valence-corrected chi connectivity index (χ4v) is 4.02. The second kappa shape index (κ2) is 9.46. The zero-order valence-corrected chi connectivity index (χ0v) is 16.3. The topological polar surface area (TPSA) is 189 Å². The average Bonchev–Trinajstić information content (AvgIpc) is 2.68. The molecule has 2 fully saturated rings. The summed E-state index contributed by atoms with van der Waals surface area (Å²) < 4.78 is 0. The number of carboxylic acids is 1. The van der Waals surface area contributed by atoms with E-state index in [1.165, 1.54) is 29.7 Å². The van der Waals surface area contributed by atoms with Crippen molar-refractivity contribution >= 4 is 23.6 Å². The Morgan fingerprint density at radius 3 is 2.24 bits per heavy atom. The highest BCUT2D eigenvalue weighted by molar-refractivity contribution is 5.95. The first-order chi connectivity index (χ1) is 13.7. The predicted octanol–water partition coefficient (Wildman–Crippen LogP) is 0.0457. The van der Waals surface area contributed by atoms with Gasteiger partial charge in [-0.1, -0.05) is 19.3 Å². The van der Waals surface area contributed by atoms with Crippen molar-refractivity contribution in [3.63, 3.8) is 0 Å². The molecule has 2 aliphatic rings. The molecule has 1 unspecified atom stereocenters. The zero-order valence-electron chi connectivity index (χ0n) is 16.3. The van der Waals surface area contributed by atoms with Gasteiger partial charge >= 0.3 is 5.97 Å². The third kappa shape index (κ3) is 4.70. The summed E-state index contributed by atoms with van der Waals surface area (Å²) in [5.41, 5.74) is 15.2. The number of nitrogens with one attached hydrogen (secondary N) is 1. The first kappa shape index (κ1) is 22.3. The van der Waals surface area contributed by atoms with Crippen LogP contribution in [0.3, 0.4) is 0 Å². The third-order valence-corrected chi connectivity index (χ3v) is 5.65. The summed E-state index contributed by atoms with van der Waals surface area (Å²) in [6.45, 7) is 0.445. The smallest absolute Gasteiger partial charge is 0.329 e. The highest BCUT2D eigenvalue weighted by Gasteiger charge is 2.57. The molecule has 0 spiro atoms. The molecule has 29 heavy (non-hydrogen) atoms. The number of amides is 2. The lowest BCUT2D eigenvalue weighted by Gasteiger charge is -2.54. The van der Waals surface area contributed by atoms with Crippen LogP contribution in [0.4, 0.5) is 0 Å². The molecule has 158 valence electrons. The van der Waals surface area contributed by atoms with E-state index in [-0.39, 0.29) is 24.2 Å². The highest BCUT2D eigenvalue weighted by atomic mass is 16.4. The molecule has 10 heteroatoms. The minimum atomic E-state index is -0.948. The number of primary amides is 1. The molecule has 1 saturated heterocycles. The monoisotopic (exact) mass is 404 g/mol. The van der Waals surface area contributed by atoms with Crippen LogP contribution in [0.2, 0.25) is 0 Å². The number of nitrogens with zero attached hydrogens (tertiary/aromatic N) is 2. The van der Waals surface area contributed by atoms with Gasteiger partial charge in [0.05, 0.1) is 12.1 Å². The number of rotatable bonds is 5. The number of nitrogens with two attached hydrogens (primary N) is 3. The molecule has 10 nitrogen and oxygen atoms in total. The molecule has 0 aromatic carbocycles. The number of carboxylic acid groups (broad SMARTS) is 1. The van der Waals surface area contributed by atoms with E-state index in [1.54, 1.807) is 0 Å². The van der Waals surface area contributed by atoms with Gasteiger partial charge in [-0.05, 0) is 37.3 Å². The lowest BCUT2D eigenvalue weighted by atomic mass is 9.67. The first-order valence-corrected chi connectivity index (χ1v) is 9.58. The number of hydrogen-bond donors (Lipinski definition) is 5. The van der Waals surface area contributed by atoms with Gasteiger partial charge in [0.15, 0.2) is 0 Å². The molecule has 2 amide bonds. The second-order valence-electron chi connectivity index (χ2n) is 7.27. The Labute approximate surface area is 168 Å². The number of pyridine rings is 1. The molecule has 3 rings (SSSR count). The van der Waals surface area contributed by atoms with Crippen LogP contribution in [0.25, 0.3) is 0 Å². The number of aromatic nitrogens is 1.